The Bertz CT molecular complexity index is 1130. The van der Waals surface area contributed by atoms with Gasteiger partial charge < -0.3 is 9.52 Å². The Labute approximate surface area is 154 Å². The van der Waals surface area contributed by atoms with E-state index in [1.54, 1.807) is 36.7 Å². The fraction of sp³-hybridized carbons (Fsp3) is 0. The highest BCUT2D eigenvalue weighted by molar-refractivity contribution is 5.91. The fourth-order valence-corrected chi connectivity index (χ4v) is 2.62. The Morgan fingerprint density at radius 2 is 1.89 bits per heavy atom. The zero-order valence-electron chi connectivity index (χ0n) is 14.0. The molecule has 2 aromatic heterocycles. The number of hydrazone groups is 1. The van der Waals surface area contributed by atoms with Gasteiger partial charge in [-0.05, 0) is 24.3 Å². The lowest BCUT2D eigenvalue weighted by Gasteiger charge is -2.02. The number of hydrogen-bond donors (Lipinski definition) is 2. The molecule has 0 aliphatic rings. The van der Waals surface area contributed by atoms with Gasteiger partial charge in [-0.25, -0.2) is 4.79 Å². The monoisotopic (exact) mass is 358 g/mol. The molecule has 0 spiro atoms. The van der Waals surface area contributed by atoms with Crippen molar-refractivity contribution in [1.29, 1.82) is 0 Å². The Hall–Kier alpha value is -4.00. The molecular weight excluding hydrogens is 344 g/mol. The molecule has 0 atom stereocenters. The highest BCUT2D eigenvalue weighted by atomic mass is 16.4. The van der Waals surface area contributed by atoms with E-state index in [4.69, 9.17) is 9.52 Å². The third kappa shape index (κ3) is 3.52. The topological polar surface area (TPSA) is 101 Å². The van der Waals surface area contributed by atoms with Crippen molar-refractivity contribution in [2.45, 2.75) is 0 Å². The van der Waals surface area contributed by atoms with Crippen LogP contribution < -0.4 is 5.43 Å². The molecule has 0 saturated heterocycles. The van der Waals surface area contributed by atoms with Crippen molar-refractivity contribution < 1.29 is 14.3 Å². The van der Waals surface area contributed by atoms with E-state index in [1.165, 1.54) is 12.1 Å². The maximum Gasteiger partial charge on any atom is 0.335 e. The molecule has 7 heteroatoms. The fourth-order valence-electron chi connectivity index (χ4n) is 2.62. The van der Waals surface area contributed by atoms with E-state index in [0.29, 0.717) is 17.3 Å². The number of aromatic carboxylic acids is 1. The molecule has 0 amide bonds. The molecule has 4 rings (SSSR count). The molecule has 0 saturated carbocycles. The molecule has 132 valence electrons. The third-order valence-electron chi connectivity index (χ3n) is 3.98. The first-order valence-electron chi connectivity index (χ1n) is 8.14. The molecule has 0 bridgehead atoms. The summed E-state index contributed by atoms with van der Waals surface area (Å²) in [7, 11) is 0. The van der Waals surface area contributed by atoms with Gasteiger partial charge in [-0.3, -0.25) is 5.43 Å². The molecule has 7 nitrogen and oxygen atoms in total. The second-order valence-electron chi connectivity index (χ2n) is 5.73. The summed E-state index contributed by atoms with van der Waals surface area (Å²) in [4.78, 5) is 10.9. The number of carboxylic acids is 1. The standard InChI is InChI=1S/C20H14N4O3/c25-20(26)14-7-5-13(6-8-14)18-10-9-16(27-18)12-22-24-19-17-4-2-1-3-15(17)11-21-23-19/h1-12H,(H,23,24)(H,25,26)/b22-12+. The van der Waals surface area contributed by atoms with Crippen LogP contribution in [0.5, 0.6) is 0 Å². The SMILES string of the molecule is O=C(O)c1ccc(-c2ccc(/C=N/Nc3nncc4ccccc34)o2)cc1. The van der Waals surface area contributed by atoms with Crippen LogP contribution >= 0.6 is 0 Å². The number of furan rings is 1. The molecular formula is C20H14N4O3. The van der Waals surface area contributed by atoms with E-state index in [0.717, 1.165) is 16.3 Å². The number of rotatable bonds is 5. The lowest BCUT2D eigenvalue weighted by Crippen LogP contribution is -1.96. The Kier molecular flexibility index (Phi) is 4.32. The summed E-state index contributed by atoms with van der Waals surface area (Å²) in [6.45, 7) is 0. The van der Waals surface area contributed by atoms with Gasteiger partial charge in [0.1, 0.15) is 11.5 Å². The first-order valence-corrected chi connectivity index (χ1v) is 8.14. The highest BCUT2D eigenvalue weighted by Gasteiger charge is 2.06. The van der Waals surface area contributed by atoms with Crippen LogP contribution in [0.25, 0.3) is 22.1 Å². The van der Waals surface area contributed by atoms with E-state index in [1.807, 2.05) is 24.3 Å². The molecule has 0 aliphatic heterocycles. The Morgan fingerprint density at radius 1 is 1.07 bits per heavy atom. The van der Waals surface area contributed by atoms with E-state index >= 15 is 0 Å². The van der Waals surface area contributed by atoms with Gasteiger partial charge in [0, 0.05) is 16.3 Å². The normalized spacial score (nSPS) is 11.1. The number of nitrogens with zero attached hydrogens (tertiary/aromatic N) is 3. The van der Waals surface area contributed by atoms with Crippen LogP contribution in [0.4, 0.5) is 5.82 Å². The highest BCUT2D eigenvalue weighted by Crippen LogP contribution is 2.22. The van der Waals surface area contributed by atoms with Crippen LogP contribution in [0.15, 0.2) is 76.4 Å². The average Bonchev–Trinajstić information content (AvgIpc) is 3.17. The first-order chi connectivity index (χ1) is 13.2. The molecule has 0 fully saturated rings. The second kappa shape index (κ2) is 7.09. The molecule has 2 aromatic carbocycles. The van der Waals surface area contributed by atoms with Crippen LogP contribution in [0.1, 0.15) is 16.1 Å². The quantitative estimate of drug-likeness (QED) is 0.412. The van der Waals surface area contributed by atoms with Crippen molar-refractivity contribution in [1.82, 2.24) is 10.2 Å². The molecule has 2 heterocycles. The van der Waals surface area contributed by atoms with E-state index in [9.17, 15) is 4.79 Å². The second-order valence-corrected chi connectivity index (χ2v) is 5.73. The van der Waals surface area contributed by atoms with Crippen molar-refractivity contribution in [2.24, 2.45) is 5.10 Å². The van der Waals surface area contributed by atoms with Crippen molar-refractivity contribution >= 4 is 28.8 Å². The van der Waals surface area contributed by atoms with Crippen molar-refractivity contribution in [3.8, 4) is 11.3 Å². The zero-order valence-corrected chi connectivity index (χ0v) is 14.0. The van der Waals surface area contributed by atoms with Gasteiger partial charge in [-0.1, -0.05) is 36.4 Å². The van der Waals surface area contributed by atoms with Crippen molar-refractivity contribution in [3.63, 3.8) is 0 Å². The maximum atomic E-state index is 10.9. The van der Waals surface area contributed by atoms with E-state index in [2.05, 4.69) is 20.7 Å². The number of anilines is 1. The number of carboxylic acid groups (broad SMARTS) is 1. The largest absolute Gasteiger partial charge is 0.478 e. The van der Waals surface area contributed by atoms with Gasteiger partial charge in [-0.15, -0.1) is 5.10 Å². The molecule has 0 aliphatic carbocycles. The van der Waals surface area contributed by atoms with Gasteiger partial charge in [0.25, 0.3) is 0 Å². The van der Waals surface area contributed by atoms with E-state index < -0.39 is 5.97 Å². The lowest BCUT2D eigenvalue weighted by atomic mass is 10.1. The molecule has 0 unspecified atom stereocenters. The minimum Gasteiger partial charge on any atom is -0.478 e. The van der Waals surface area contributed by atoms with Gasteiger partial charge in [0.2, 0.25) is 0 Å². The third-order valence-corrected chi connectivity index (χ3v) is 3.98. The minimum atomic E-state index is -0.962. The number of fused-ring (bicyclic) bond motifs is 1. The summed E-state index contributed by atoms with van der Waals surface area (Å²) < 4.78 is 5.72. The lowest BCUT2D eigenvalue weighted by molar-refractivity contribution is 0.0697. The summed E-state index contributed by atoms with van der Waals surface area (Å²) in [5, 5.41) is 23.0. The van der Waals surface area contributed by atoms with Crippen molar-refractivity contribution in [3.05, 3.63) is 78.2 Å². The van der Waals surface area contributed by atoms with Crippen LogP contribution in [0, 0.1) is 0 Å². The van der Waals surface area contributed by atoms with Crippen molar-refractivity contribution in [2.75, 3.05) is 5.43 Å². The summed E-state index contributed by atoms with van der Waals surface area (Å²) in [6.07, 6.45) is 3.23. The Balaban J connectivity index is 1.49. The summed E-state index contributed by atoms with van der Waals surface area (Å²) >= 11 is 0. The summed E-state index contributed by atoms with van der Waals surface area (Å²) in [6, 6.07) is 17.8. The summed E-state index contributed by atoms with van der Waals surface area (Å²) in [5.74, 6) is 0.767. The number of hydrogen-bond acceptors (Lipinski definition) is 6. The molecule has 2 N–H and O–H groups in total. The number of nitrogens with one attached hydrogen (secondary N) is 1. The smallest absolute Gasteiger partial charge is 0.335 e. The number of benzene rings is 2. The molecule has 4 aromatic rings. The number of aromatic nitrogens is 2. The summed E-state index contributed by atoms with van der Waals surface area (Å²) in [5.41, 5.74) is 3.89. The number of carbonyl (C=O) groups is 1. The zero-order chi connectivity index (χ0) is 18.6. The Morgan fingerprint density at radius 3 is 2.70 bits per heavy atom. The predicted octanol–water partition coefficient (Wildman–Crippen LogP) is 4.03. The minimum absolute atomic E-state index is 0.229. The van der Waals surface area contributed by atoms with Gasteiger partial charge in [0.15, 0.2) is 5.82 Å². The average molecular weight is 358 g/mol. The van der Waals surface area contributed by atoms with Gasteiger partial charge in [0.05, 0.1) is 18.0 Å². The van der Waals surface area contributed by atoms with Crippen LogP contribution in [-0.2, 0) is 0 Å². The van der Waals surface area contributed by atoms with Gasteiger partial charge in [-0.2, -0.15) is 10.2 Å². The van der Waals surface area contributed by atoms with Gasteiger partial charge >= 0.3 is 5.97 Å². The van der Waals surface area contributed by atoms with Crippen LogP contribution in [0.2, 0.25) is 0 Å². The van der Waals surface area contributed by atoms with Crippen LogP contribution in [-0.4, -0.2) is 27.5 Å². The molecule has 27 heavy (non-hydrogen) atoms. The molecule has 0 radical (unpaired) electrons. The first kappa shape index (κ1) is 16.5. The van der Waals surface area contributed by atoms with Crippen LogP contribution in [0.3, 0.4) is 0 Å². The predicted molar refractivity (Wildman–Crippen MR) is 102 cm³/mol. The maximum absolute atomic E-state index is 10.9. The van der Waals surface area contributed by atoms with E-state index in [-0.39, 0.29) is 5.56 Å².